The Kier molecular flexibility index (Phi) is 8.55. The van der Waals surface area contributed by atoms with Gasteiger partial charge in [-0.15, -0.1) is 0 Å². The highest BCUT2D eigenvalue weighted by Gasteiger charge is 2.70. The maximum atomic E-state index is 15.3. The summed E-state index contributed by atoms with van der Waals surface area (Å²) < 4.78 is 139. The molecule has 2 amide bonds. The van der Waals surface area contributed by atoms with Gasteiger partial charge in [-0.05, 0) is 52.3 Å². The molecule has 0 aliphatic carbocycles. The van der Waals surface area contributed by atoms with Crippen molar-refractivity contribution in [3.05, 3.63) is 93.2 Å². The first-order chi connectivity index (χ1) is 18.7. The molecule has 3 aromatic carbocycles. The van der Waals surface area contributed by atoms with Gasteiger partial charge < -0.3 is 10.2 Å². The van der Waals surface area contributed by atoms with E-state index in [4.69, 9.17) is 0 Å². The third kappa shape index (κ3) is 6.04. The van der Waals surface area contributed by atoms with E-state index in [2.05, 4.69) is 15.9 Å². The highest BCUT2D eigenvalue weighted by atomic mass is 79.9. The minimum Gasteiger partial charge on any atom is -0.320 e. The van der Waals surface area contributed by atoms with E-state index < -0.39 is 87.1 Å². The molecular formula is C26H17BrF10N2O2. The van der Waals surface area contributed by atoms with E-state index in [1.165, 1.54) is 31.3 Å². The molecule has 4 nitrogen and oxygen atoms in total. The third-order valence-electron chi connectivity index (χ3n) is 5.94. The molecule has 0 radical (unpaired) electrons. The smallest absolute Gasteiger partial charge is 0.320 e. The van der Waals surface area contributed by atoms with Gasteiger partial charge in [0, 0.05) is 29.6 Å². The van der Waals surface area contributed by atoms with E-state index in [1.54, 1.807) is 11.4 Å². The van der Waals surface area contributed by atoms with Gasteiger partial charge in [0.15, 0.2) is 5.82 Å². The summed E-state index contributed by atoms with van der Waals surface area (Å²) in [5.41, 5.74) is -12.2. The molecule has 41 heavy (non-hydrogen) atoms. The summed E-state index contributed by atoms with van der Waals surface area (Å²) in [5.74, 6) is -8.81. The summed E-state index contributed by atoms with van der Waals surface area (Å²) in [5, 5.41) is 1.69. The average Bonchev–Trinajstić information content (AvgIpc) is 2.86. The van der Waals surface area contributed by atoms with Crippen LogP contribution in [-0.2, 0) is 11.8 Å². The Bertz CT molecular complexity index is 1450. The zero-order chi connectivity index (χ0) is 31.1. The van der Waals surface area contributed by atoms with E-state index in [-0.39, 0.29) is 11.6 Å². The number of alkyl halides is 9. The number of rotatable bonds is 6. The van der Waals surface area contributed by atoms with Crippen molar-refractivity contribution in [1.82, 2.24) is 0 Å². The second-order valence-electron chi connectivity index (χ2n) is 8.75. The number of carbonyl (C=O) groups excluding carboxylic acids is 2. The molecule has 0 aliphatic rings. The molecule has 220 valence electrons. The van der Waals surface area contributed by atoms with Crippen LogP contribution in [0.25, 0.3) is 0 Å². The van der Waals surface area contributed by atoms with Crippen LogP contribution < -0.4 is 10.2 Å². The minimum atomic E-state index is -6.34. The van der Waals surface area contributed by atoms with Crippen molar-refractivity contribution < 1.29 is 53.5 Å². The first kappa shape index (κ1) is 31.9. The van der Waals surface area contributed by atoms with Gasteiger partial charge >= 0.3 is 12.4 Å². The van der Waals surface area contributed by atoms with Crippen LogP contribution in [0.2, 0.25) is 0 Å². The first-order valence-electron chi connectivity index (χ1n) is 11.2. The van der Waals surface area contributed by atoms with Crippen LogP contribution in [0.4, 0.5) is 55.3 Å². The zero-order valence-electron chi connectivity index (χ0n) is 20.7. The Labute approximate surface area is 234 Å². The van der Waals surface area contributed by atoms with E-state index >= 15 is 4.39 Å². The number of benzene rings is 3. The van der Waals surface area contributed by atoms with Crippen LogP contribution in [-0.4, -0.2) is 31.0 Å². The highest BCUT2D eigenvalue weighted by molar-refractivity contribution is 9.10. The number of hydrogen-bond donors (Lipinski definition) is 1. The van der Waals surface area contributed by atoms with Crippen LogP contribution in [0.1, 0.15) is 38.8 Å². The SMILES string of the molecule is CN(C(=O)c1ccccc1)c1cccc(C(=O)Nc2c(Br)cc(C(F)(C(C)(F)F)C(F)(F)F)cc2C(F)(F)F)c1F. The number of nitrogens with zero attached hydrogens (tertiary/aromatic N) is 1. The molecule has 0 saturated carbocycles. The lowest BCUT2D eigenvalue weighted by atomic mass is 9.87. The molecule has 0 aromatic heterocycles. The number of carbonyl (C=O) groups is 2. The lowest BCUT2D eigenvalue weighted by Crippen LogP contribution is -2.51. The van der Waals surface area contributed by atoms with E-state index in [1.807, 2.05) is 0 Å². The van der Waals surface area contributed by atoms with Crippen LogP contribution in [0.3, 0.4) is 0 Å². The number of anilines is 2. The predicted molar refractivity (Wildman–Crippen MR) is 132 cm³/mol. The first-order valence-corrected chi connectivity index (χ1v) is 12.0. The second-order valence-corrected chi connectivity index (χ2v) is 9.60. The van der Waals surface area contributed by atoms with Gasteiger partial charge in [0.1, 0.15) is 0 Å². The van der Waals surface area contributed by atoms with Crippen LogP contribution >= 0.6 is 15.9 Å². The summed E-state index contributed by atoms with van der Waals surface area (Å²) in [6.07, 6.45) is -11.9. The Hall–Kier alpha value is -3.62. The highest BCUT2D eigenvalue weighted by Crippen LogP contribution is 2.54. The molecule has 1 N–H and O–H groups in total. The molecule has 1 atom stereocenters. The van der Waals surface area contributed by atoms with E-state index in [9.17, 15) is 49.1 Å². The Morgan fingerprint density at radius 1 is 0.854 bits per heavy atom. The zero-order valence-corrected chi connectivity index (χ0v) is 22.3. The molecule has 3 rings (SSSR count). The summed E-state index contributed by atoms with van der Waals surface area (Å²) in [6.45, 7) is -0.452. The van der Waals surface area contributed by atoms with Crippen molar-refractivity contribution >= 4 is 39.1 Å². The van der Waals surface area contributed by atoms with Crippen molar-refractivity contribution in [3.63, 3.8) is 0 Å². The van der Waals surface area contributed by atoms with Gasteiger partial charge in [-0.2, -0.15) is 26.3 Å². The normalized spacial score (nSPS) is 13.9. The number of hydrogen-bond acceptors (Lipinski definition) is 2. The quantitative estimate of drug-likeness (QED) is 0.270. The molecule has 0 bridgehead atoms. The lowest BCUT2D eigenvalue weighted by molar-refractivity contribution is -0.304. The van der Waals surface area contributed by atoms with Crippen LogP contribution in [0.15, 0.2) is 65.1 Å². The maximum Gasteiger partial charge on any atom is 0.432 e. The molecule has 0 heterocycles. The van der Waals surface area contributed by atoms with E-state index in [0.717, 1.165) is 23.1 Å². The van der Waals surface area contributed by atoms with E-state index in [0.29, 0.717) is 0 Å². The Morgan fingerprint density at radius 2 is 1.44 bits per heavy atom. The molecular weight excluding hydrogens is 642 g/mol. The van der Waals surface area contributed by atoms with Crippen LogP contribution in [0, 0.1) is 5.82 Å². The lowest BCUT2D eigenvalue weighted by Gasteiger charge is -2.34. The average molecular weight is 659 g/mol. The van der Waals surface area contributed by atoms with Gasteiger partial charge in [-0.3, -0.25) is 9.59 Å². The summed E-state index contributed by atoms with van der Waals surface area (Å²) in [4.78, 5) is 26.4. The standard InChI is InChI=1S/C26H17BrF10N2O2/c1-23(29,30)24(31,26(35,36)37)14-11-16(25(32,33)34)20(17(27)12-14)38-21(40)15-9-6-10-18(19(15)28)39(2)22(41)13-7-4-3-5-8-13/h3-12H,1-2H3,(H,38,40). The second kappa shape index (κ2) is 11.0. The van der Waals surface area contributed by atoms with Crippen LogP contribution in [0.5, 0.6) is 0 Å². The predicted octanol–water partition coefficient (Wildman–Crippen LogP) is 8.52. The fraction of sp³-hybridized carbons (Fsp3) is 0.231. The van der Waals surface area contributed by atoms with Gasteiger partial charge in [0.05, 0.1) is 22.5 Å². The Morgan fingerprint density at radius 3 is 1.95 bits per heavy atom. The van der Waals surface area contributed by atoms with Crippen molar-refractivity contribution in [2.75, 3.05) is 17.3 Å². The van der Waals surface area contributed by atoms with Crippen molar-refractivity contribution in [3.8, 4) is 0 Å². The van der Waals surface area contributed by atoms with Crippen molar-refractivity contribution in [2.45, 2.75) is 30.9 Å². The molecule has 0 spiro atoms. The largest absolute Gasteiger partial charge is 0.432 e. The number of nitrogens with one attached hydrogen (secondary N) is 1. The summed E-state index contributed by atoms with van der Waals surface area (Å²) >= 11 is 2.48. The number of halogens is 11. The molecule has 15 heteroatoms. The van der Waals surface area contributed by atoms with Gasteiger partial charge in [0.25, 0.3) is 23.4 Å². The summed E-state index contributed by atoms with van der Waals surface area (Å²) in [6, 6.07) is 10.1. The monoisotopic (exact) mass is 658 g/mol. The summed E-state index contributed by atoms with van der Waals surface area (Å²) in [7, 11) is 1.17. The minimum absolute atomic E-state index is 0.00877. The maximum absolute atomic E-state index is 15.3. The molecule has 0 fully saturated rings. The molecule has 1 unspecified atom stereocenters. The topological polar surface area (TPSA) is 49.4 Å². The Balaban J connectivity index is 2.08. The fourth-order valence-corrected chi connectivity index (χ4v) is 4.40. The van der Waals surface area contributed by atoms with Crippen molar-refractivity contribution in [2.24, 2.45) is 0 Å². The van der Waals surface area contributed by atoms with Crippen molar-refractivity contribution in [1.29, 1.82) is 0 Å². The fourth-order valence-electron chi connectivity index (χ4n) is 3.84. The molecule has 0 saturated heterocycles. The van der Waals surface area contributed by atoms with Gasteiger partial charge in [-0.25, -0.2) is 17.6 Å². The molecule has 3 aromatic rings. The van der Waals surface area contributed by atoms with Gasteiger partial charge in [0.2, 0.25) is 0 Å². The third-order valence-corrected chi connectivity index (χ3v) is 6.56. The molecule has 0 aliphatic heterocycles. The van der Waals surface area contributed by atoms with Gasteiger partial charge in [-0.1, -0.05) is 24.3 Å². The number of amides is 2.